The van der Waals surface area contributed by atoms with Crippen LogP contribution in [0.15, 0.2) is 23.0 Å². The van der Waals surface area contributed by atoms with Crippen LogP contribution in [0.4, 0.5) is 0 Å². The van der Waals surface area contributed by atoms with Gasteiger partial charge in [0, 0.05) is 54.0 Å². The largest absolute Gasteiger partial charge is 0.336 e. The van der Waals surface area contributed by atoms with Crippen molar-refractivity contribution in [1.29, 1.82) is 0 Å². The second kappa shape index (κ2) is 7.17. The van der Waals surface area contributed by atoms with Crippen molar-refractivity contribution in [2.45, 2.75) is 12.2 Å². The second-order valence-corrected chi connectivity index (χ2v) is 7.12. The van der Waals surface area contributed by atoms with Crippen molar-refractivity contribution in [3.63, 3.8) is 0 Å². The maximum Gasteiger partial charge on any atom is 0.253 e. The molecule has 0 unspecified atom stereocenters. The third-order valence-corrected chi connectivity index (χ3v) is 5.61. The second-order valence-electron chi connectivity index (χ2n) is 6.02. The SMILES string of the molecule is Cl.O=C(c1ccc2[nH]c(=O)c3c(c2c1)CCSC3)N1CCNCC1. The zero-order chi connectivity index (χ0) is 15.8. The van der Waals surface area contributed by atoms with Gasteiger partial charge in [0.25, 0.3) is 11.5 Å². The molecule has 0 atom stereocenters. The van der Waals surface area contributed by atoms with Crippen LogP contribution in [0.1, 0.15) is 21.5 Å². The molecule has 7 heteroatoms. The number of rotatable bonds is 1. The molecule has 128 valence electrons. The zero-order valence-electron chi connectivity index (χ0n) is 13.3. The molecule has 2 N–H and O–H groups in total. The number of fused-ring (bicyclic) bond motifs is 3. The molecule has 2 aliphatic heterocycles. The molecule has 5 nitrogen and oxygen atoms in total. The molecule has 1 aromatic carbocycles. The number of aromatic amines is 1. The number of piperazine rings is 1. The number of benzene rings is 1. The quantitative estimate of drug-likeness (QED) is 0.808. The maximum absolute atomic E-state index is 12.7. The first kappa shape index (κ1) is 17.3. The molecule has 2 aromatic rings. The van der Waals surface area contributed by atoms with Crippen molar-refractivity contribution >= 4 is 41.0 Å². The van der Waals surface area contributed by atoms with Gasteiger partial charge >= 0.3 is 0 Å². The number of thioether (sulfide) groups is 1. The molecular formula is C17H20ClN3O2S. The van der Waals surface area contributed by atoms with Crippen LogP contribution in [0.25, 0.3) is 10.9 Å². The normalized spacial score (nSPS) is 17.2. The van der Waals surface area contributed by atoms with Gasteiger partial charge in [0.05, 0.1) is 0 Å². The van der Waals surface area contributed by atoms with Crippen molar-refractivity contribution in [1.82, 2.24) is 15.2 Å². The zero-order valence-corrected chi connectivity index (χ0v) is 14.9. The van der Waals surface area contributed by atoms with E-state index >= 15 is 0 Å². The minimum absolute atomic E-state index is 0. The van der Waals surface area contributed by atoms with Crippen molar-refractivity contribution in [3.05, 3.63) is 45.2 Å². The highest BCUT2D eigenvalue weighted by molar-refractivity contribution is 7.98. The first-order chi connectivity index (χ1) is 11.2. The van der Waals surface area contributed by atoms with Crippen molar-refractivity contribution in [2.24, 2.45) is 0 Å². The van der Waals surface area contributed by atoms with Crippen LogP contribution in [0.5, 0.6) is 0 Å². The number of nitrogens with one attached hydrogen (secondary N) is 2. The first-order valence-corrected chi connectivity index (χ1v) is 9.15. The Morgan fingerprint density at radius 1 is 1.17 bits per heavy atom. The predicted octanol–water partition coefficient (Wildman–Crippen LogP) is 1.78. The number of halogens is 1. The monoisotopic (exact) mass is 365 g/mol. The Balaban J connectivity index is 0.00000169. The van der Waals surface area contributed by atoms with Crippen LogP contribution in [0, 0.1) is 0 Å². The van der Waals surface area contributed by atoms with Gasteiger partial charge in [0.15, 0.2) is 0 Å². The predicted molar refractivity (Wildman–Crippen MR) is 100 cm³/mol. The smallest absolute Gasteiger partial charge is 0.253 e. The highest BCUT2D eigenvalue weighted by Crippen LogP contribution is 2.28. The molecule has 0 bridgehead atoms. The molecule has 1 amide bonds. The Bertz CT molecular complexity index is 830. The lowest BCUT2D eigenvalue weighted by atomic mass is 9.99. The third-order valence-electron chi connectivity index (χ3n) is 4.63. The van der Waals surface area contributed by atoms with Crippen LogP contribution < -0.4 is 10.9 Å². The summed E-state index contributed by atoms with van der Waals surface area (Å²) in [5.74, 6) is 1.87. The molecule has 1 aromatic heterocycles. The summed E-state index contributed by atoms with van der Waals surface area (Å²) in [5, 5.41) is 4.29. The Hall–Kier alpha value is -1.50. The summed E-state index contributed by atoms with van der Waals surface area (Å²) in [5.41, 5.74) is 3.56. The molecule has 3 heterocycles. The van der Waals surface area contributed by atoms with Gasteiger partial charge in [0.2, 0.25) is 0 Å². The number of hydrogen-bond acceptors (Lipinski definition) is 4. The molecule has 24 heavy (non-hydrogen) atoms. The Morgan fingerprint density at radius 2 is 1.96 bits per heavy atom. The summed E-state index contributed by atoms with van der Waals surface area (Å²) in [6.07, 6.45) is 0.895. The van der Waals surface area contributed by atoms with E-state index in [0.717, 1.165) is 66.1 Å². The molecule has 0 radical (unpaired) electrons. The fourth-order valence-corrected chi connectivity index (χ4v) is 4.37. The Labute approximate surface area is 150 Å². The summed E-state index contributed by atoms with van der Waals surface area (Å²) in [6, 6.07) is 5.66. The van der Waals surface area contributed by atoms with E-state index in [-0.39, 0.29) is 23.9 Å². The molecule has 0 aliphatic carbocycles. The Kier molecular flexibility index (Phi) is 5.18. The molecule has 1 fully saturated rings. The maximum atomic E-state index is 12.7. The van der Waals surface area contributed by atoms with E-state index < -0.39 is 0 Å². The van der Waals surface area contributed by atoms with Crippen molar-refractivity contribution in [2.75, 3.05) is 31.9 Å². The summed E-state index contributed by atoms with van der Waals surface area (Å²) >= 11 is 1.79. The minimum atomic E-state index is 0. The number of aromatic nitrogens is 1. The molecule has 0 saturated carbocycles. The van der Waals surface area contributed by atoms with Crippen LogP contribution in [0.2, 0.25) is 0 Å². The fraction of sp³-hybridized carbons (Fsp3) is 0.412. The summed E-state index contributed by atoms with van der Waals surface area (Å²) in [4.78, 5) is 29.7. The fourth-order valence-electron chi connectivity index (χ4n) is 3.37. The van der Waals surface area contributed by atoms with E-state index in [0.29, 0.717) is 5.56 Å². The number of carbonyl (C=O) groups excluding carboxylic acids is 1. The molecular weight excluding hydrogens is 346 g/mol. The number of hydrogen-bond donors (Lipinski definition) is 2. The van der Waals surface area contributed by atoms with Crippen LogP contribution in [0.3, 0.4) is 0 Å². The number of H-pyrrole nitrogens is 1. The third kappa shape index (κ3) is 3.06. The molecule has 2 aliphatic rings. The lowest BCUT2D eigenvalue weighted by molar-refractivity contribution is 0.0736. The first-order valence-electron chi connectivity index (χ1n) is 7.99. The van der Waals surface area contributed by atoms with Crippen LogP contribution in [-0.2, 0) is 12.2 Å². The van der Waals surface area contributed by atoms with E-state index in [1.54, 1.807) is 11.8 Å². The number of pyridine rings is 1. The van der Waals surface area contributed by atoms with Gasteiger partial charge in [0.1, 0.15) is 0 Å². The molecule has 0 spiro atoms. The van der Waals surface area contributed by atoms with Crippen LogP contribution in [-0.4, -0.2) is 47.7 Å². The highest BCUT2D eigenvalue weighted by atomic mass is 35.5. The number of carbonyl (C=O) groups is 1. The average molecular weight is 366 g/mol. The highest BCUT2D eigenvalue weighted by Gasteiger charge is 2.21. The lowest BCUT2D eigenvalue weighted by Gasteiger charge is -2.27. The van der Waals surface area contributed by atoms with E-state index in [1.165, 1.54) is 0 Å². The summed E-state index contributed by atoms with van der Waals surface area (Å²) in [6.45, 7) is 3.19. The van der Waals surface area contributed by atoms with E-state index in [1.807, 2.05) is 23.1 Å². The van der Waals surface area contributed by atoms with E-state index in [2.05, 4.69) is 10.3 Å². The molecule has 4 rings (SSSR count). The van der Waals surface area contributed by atoms with Gasteiger partial charge in [-0.3, -0.25) is 9.59 Å². The standard InChI is InChI=1S/C17H19N3O2S.ClH/c21-16-14-10-23-8-3-12(14)13-9-11(1-2-15(13)19-16)17(22)20-6-4-18-5-7-20;/h1-2,9,18H,3-8,10H2,(H,19,21);1H. The van der Waals surface area contributed by atoms with Crippen molar-refractivity contribution in [3.8, 4) is 0 Å². The molecule has 1 saturated heterocycles. The van der Waals surface area contributed by atoms with Gasteiger partial charge in [-0.2, -0.15) is 11.8 Å². The number of amides is 1. The van der Waals surface area contributed by atoms with Crippen molar-refractivity contribution < 1.29 is 4.79 Å². The topological polar surface area (TPSA) is 65.2 Å². The van der Waals surface area contributed by atoms with E-state index in [9.17, 15) is 9.59 Å². The number of aryl methyl sites for hydroxylation is 1. The summed E-state index contributed by atoms with van der Waals surface area (Å²) in [7, 11) is 0. The van der Waals surface area contributed by atoms with Gasteiger partial charge in [-0.25, -0.2) is 0 Å². The van der Waals surface area contributed by atoms with E-state index in [4.69, 9.17) is 0 Å². The minimum Gasteiger partial charge on any atom is -0.336 e. The van der Waals surface area contributed by atoms with Gasteiger partial charge in [-0.15, -0.1) is 12.4 Å². The van der Waals surface area contributed by atoms with Gasteiger partial charge in [-0.05, 0) is 35.9 Å². The average Bonchev–Trinajstić information content (AvgIpc) is 2.62. The van der Waals surface area contributed by atoms with Gasteiger partial charge in [-0.1, -0.05) is 0 Å². The lowest BCUT2D eigenvalue weighted by Crippen LogP contribution is -2.46. The van der Waals surface area contributed by atoms with Gasteiger partial charge < -0.3 is 15.2 Å². The number of nitrogens with zero attached hydrogens (tertiary/aromatic N) is 1. The summed E-state index contributed by atoms with van der Waals surface area (Å²) < 4.78 is 0. The Morgan fingerprint density at radius 3 is 2.75 bits per heavy atom. The van der Waals surface area contributed by atoms with Crippen LogP contribution >= 0.6 is 24.2 Å².